The van der Waals surface area contributed by atoms with Gasteiger partial charge in [-0.2, -0.15) is 10.5 Å². The number of hydrogen-bond acceptors (Lipinski definition) is 4. The molecule has 0 heterocycles. The monoisotopic (exact) mass is 268 g/mol. The van der Waals surface area contributed by atoms with Crippen LogP contribution in [0.1, 0.15) is 47.4 Å². The van der Waals surface area contributed by atoms with Crippen LogP contribution >= 0.6 is 0 Å². The number of nitrogens with zero attached hydrogens (tertiary/aromatic N) is 2. The molecule has 0 aliphatic rings. The Kier molecular flexibility index (Phi) is 5.62. The van der Waals surface area contributed by atoms with Gasteiger partial charge in [-0.25, -0.2) is 0 Å². The molecule has 0 saturated heterocycles. The number of rotatable bonds is 6. The lowest BCUT2D eigenvalue weighted by molar-refractivity contribution is 0.0921. The highest BCUT2D eigenvalue weighted by molar-refractivity contribution is 6.01. The van der Waals surface area contributed by atoms with Crippen molar-refractivity contribution in [3.8, 4) is 12.1 Å². The van der Waals surface area contributed by atoms with Crippen molar-refractivity contribution in [1.82, 2.24) is 0 Å². The number of carbonyl (C=O) groups excluding carboxylic acids is 2. The van der Waals surface area contributed by atoms with Gasteiger partial charge in [0.2, 0.25) is 0 Å². The van der Waals surface area contributed by atoms with E-state index in [4.69, 9.17) is 10.5 Å². The van der Waals surface area contributed by atoms with E-state index in [1.54, 1.807) is 38.1 Å². The van der Waals surface area contributed by atoms with Crippen molar-refractivity contribution in [2.45, 2.75) is 26.7 Å². The smallest absolute Gasteiger partial charge is 0.166 e. The Morgan fingerprint density at radius 3 is 1.45 bits per heavy atom. The highest BCUT2D eigenvalue weighted by atomic mass is 16.1. The van der Waals surface area contributed by atoms with Crippen LogP contribution in [0.2, 0.25) is 0 Å². The first-order valence-corrected chi connectivity index (χ1v) is 6.43. The van der Waals surface area contributed by atoms with E-state index in [0.717, 1.165) is 0 Å². The van der Waals surface area contributed by atoms with Gasteiger partial charge in [-0.05, 0) is 0 Å². The summed E-state index contributed by atoms with van der Waals surface area (Å²) in [6.45, 7) is 3.42. The lowest BCUT2D eigenvalue weighted by Gasteiger charge is -2.09. The Morgan fingerprint density at radius 1 is 0.900 bits per heavy atom. The van der Waals surface area contributed by atoms with Gasteiger partial charge in [0.15, 0.2) is 11.6 Å². The van der Waals surface area contributed by atoms with E-state index in [9.17, 15) is 9.59 Å². The summed E-state index contributed by atoms with van der Waals surface area (Å²) in [6, 6.07) is 10.3. The largest absolute Gasteiger partial charge is 0.294 e. The van der Waals surface area contributed by atoms with Crippen LogP contribution in [0.15, 0.2) is 24.3 Å². The summed E-state index contributed by atoms with van der Waals surface area (Å²) in [5.41, 5.74) is 0.995. The minimum Gasteiger partial charge on any atom is -0.294 e. The van der Waals surface area contributed by atoms with Crippen molar-refractivity contribution < 1.29 is 9.59 Å². The van der Waals surface area contributed by atoms with Crippen molar-refractivity contribution in [3.63, 3.8) is 0 Å². The molecule has 0 bridgehead atoms. The van der Waals surface area contributed by atoms with Gasteiger partial charge in [0.1, 0.15) is 0 Å². The number of ketones is 2. The third-order valence-electron chi connectivity index (χ3n) is 3.14. The highest BCUT2D eigenvalue weighted by Gasteiger charge is 2.17. The molecule has 2 atom stereocenters. The van der Waals surface area contributed by atoms with Crippen LogP contribution < -0.4 is 0 Å². The summed E-state index contributed by atoms with van der Waals surface area (Å²) in [6.07, 6.45) is 0.359. The Balaban J connectivity index is 2.85. The fraction of sp³-hybridized carbons (Fsp3) is 0.375. The molecule has 0 fully saturated rings. The van der Waals surface area contributed by atoms with Gasteiger partial charge < -0.3 is 0 Å². The molecule has 0 aliphatic heterocycles. The first-order chi connectivity index (χ1) is 9.51. The maximum Gasteiger partial charge on any atom is 0.166 e. The van der Waals surface area contributed by atoms with Crippen LogP contribution in [0.4, 0.5) is 0 Å². The molecule has 0 aromatic heterocycles. The van der Waals surface area contributed by atoms with E-state index in [0.29, 0.717) is 11.1 Å². The number of nitriles is 2. The summed E-state index contributed by atoms with van der Waals surface area (Å²) in [5, 5.41) is 17.2. The topological polar surface area (TPSA) is 81.7 Å². The van der Waals surface area contributed by atoms with E-state index < -0.39 is 0 Å². The predicted molar refractivity (Wildman–Crippen MR) is 73.9 cm³/mol. The van der Waals surface area contributed by atoms with Crippen LogP contribution in [0.3, 0.4) is 0 Å². The third kappa shape index (κ3) is 3.76. The average molecular weight is 268 g/mol. The van der Waals surface area contributed by atoms with Crippen molar-refractivity contribution in [3.05, 3.63) is 35.4 Å². The predicted octanol–water partition coefficient (Wildman–Crippen LogP) is 3.15. The second-order valence-electron chi connectivity index (χ2n) is 4.83. The van der Waals surface area contributed by atoms with Crippen LogP contribution in [-0.4, -0.2) is 11.6 Å². The number of hydrogen-bond donors (Lipinski definition) is 0. The van der Waals surface area contributed by atoms with Crippen molar-refractivity contribution in [1.29, 1.82) is 10.5 Å². The normalized spacial score (nSPS) is 12.8. The zero-order valence-electron chi connectivity index (χ0n) is 11.6. The molecule has 0 unspecified atom stereocenters. The molecule has 0 amide bonds. The average Bonchev–Trinajstić information content (AvgIpc) is 2.46. The summed E-state index contributed by atoms with van der Waals surface area (Å²) >= 11 is 0. The first kappa shape index (κ1) is 15.6. The molecule has 0 aliphatic carbocycles. The van der Waals surface area contributed by atoms with Crippen LogP contribution in [0.5, 0.6) is 0 Å². The molecule has 20 heavy (non-hydrogen) atoms. The molecule has 0 saturated carbocycles. The number of carbonyl (C=O) groups is 2. The zero-order valence-corrected chi connectivity index (χ0v) is 11.6. The van der Waals surface area contributed by atoms with Crippen LogP contribution in [-0.2, 0) is 0 Å². The SMILES string of the molecule is C[C@H](CC#N)C(=O)c1ccc(C(=O)[C@@H](C)CC#N)cc1. The Morgan fingerprint density at radius 2 is 1.20 bits per heavy atom. The van der Waals surface area contributed by atoms with Gasteiger partial charge in [0.05, 0.1) is 12.1 Å². The summed E-state index contributed by atoms with van der Waals surface area (Å²) in [4.78, 5) is 23.9. The molecule has 1 aromatic rings. The number of Topliss-reactive ketones (excluding diaryl/α,β-unsaturated/α-hetero) is 2. The molecule has 4 nitrogen and oxygen atoms in total. The first-order valence-electron chi connectivity index (χ1n) is 6.43. The van der Waals surface area contributed by atoms with E-state index in [1.807, 2.05) is 12.1 Å². The van der Waals surface area contributed by atoms with Crippen LogP contribution in [0.25, 0.3) is 0 Å². The van der Waals surface area contributed by atoms with Gasteiger partial charge in [0, 0.05) is 35.8 Å². The second-order valence-corrected chi connectivity index (χ2v) is 4.83. The maximum absolute atomic E-state index is 12.0. The fourth-order valence-corrected chi connectivity index (χ4v) is 1.83. The van der Waals surface area contributed by atoms with E-state index in [-0.39, 0.29) is 36.2 Å². The van der Waals surface area contributed by atoms with Crippen molar-refractivity contribution in [2.24, 2.45) is 11.8 Å². The van der Waals surface area contributed by atoms with Crippen LogP contribution in [0, 0.1) is 34.5 Å². The summed E-state index contributed by atoms with van der Waals surface area (Å²) < 4.78 is 0. The Labute approximate surface area is 118 Å². The molecule has 0 radical (unpaired) electrons. The van der Waals surface area contributed by atoms with E-state index in [2.05, 4.69) is 0 Å². The van der Waals surface area contributed by atoms with E-state index >= 15 is 0 Å². The van der Waals surface area contributed by atoms with E-state index in [1.165, 1.54) is 0 Å². The lowest BCUT2D eigenvalue weighted by atomic mass is 9.93. The third-order valence-corrected chi connectivity index (χ3v) is 3.14. The molecule has 1 rings (SSSR count). The zero-order chi connectivity index (χ0) is 15.1. The van der Waals surface area contributed by atoms with Gasteiger partial charge in [-0.3, -0.25) is 9.59 Å². The molecule has 4 heteroatoms. The standard InChI is InChI=1S/C16H16N2O2/c1-11(7-9-17)15(19)13-3-5-14(6-4-13)16(20)12(2)8-10-18/h3-6,11-12H,7-8H2,1-2H3/t11-,12+. The molecular formula is C16H16N2O2. The van der Waals surface area contributed by atoms with Gasteiger partial charge >= 0.3 is 0 Å². The lowest BCUT2D eigenvalue weighted by Crippen LogP contribution is -2.13. The molecule has 0 N–H and O–H groups in total. The van der Waals surface area contributed by atoms with Crippen molar-refractivity contribution >= 4 is 11.6 Å². The molecular weight excluding hydrogens is 252 g/mol. The maximum atomic E-state index is 12.0. The van der Waals surface area contributed by atoms with Gasteiger partial charge in [-0.1, -0.05) is 38.1 Å². The minimum absolute atomic E-state index is 0.101. The number of benzene rings is 1. The molecule has 102 valence electrons. The summed E-state index contributed by atoms with van der Waals surface area (Å²) in [7, 11) is 0. The quantitative estimate of drug-likeness (QED) is 0.742. The Hall–Kier alpha value is -2.46. The van der Waals surface area contributed by atoms with Crippen molar-refractivity contribution in [2.75, 3.05) is 0 Å². The molecule has 0 spiro atoms. The van der Waals surface area contributed by atoms with Gasteiger partial charge in [0.25, 0.3) is 0 Å². The highest BCUT2D eigenvalue weighted by Crippen LogP contribution is 2.16. The molecule has 1 aromatic carbocycles. The van der Waals surface area contributed by atoms with Gasteiger partial charge in [-0.15, -0.1) is 0 Å². The fourth-order valence-electron chi connectivity index (χ4n) is 1.83. The Bertz CT molecular complexity index is 523. The minimum atomic E-state index is -0.348. The second kappa shape index (κ2) is 7.21. The summed E-state index contributed by atoms with van der Waals surface area (Å²) in [5.74, 6) is -0.899.